The minimum Gasteiger partial charge on any atom is -0.348 e. The van der Waals surface area contributed by atoms with Crippen molar-refractivity contribution < 1.29 is 9.18 Å². The van der Waals surface area contributed by atoms with Crippen LogP contribution in [-0.4, -0.2) is 12.5 Å². The van der Waals surface area contributed by atoms with E-state index in [0.29, 0.717) is 16.7 Å². The summed E-state index contributed by atoms with van der Waals surface area (Å²) in [7, 11) is 0. The normalized spacial score (nSPS) is 9.62. The Hall–Kier alpha value is -2.64. The van der Waals surface area contributed by atoms with Crippen LogP contribution in [0.3, 0.4) is 0 Å². The molecule has 106 valence electrons. The van der Waals surface area contributed by atoms with Crippen molar-refractivity contribution in [3.05, 3.63) is 71.0 Å². The van der Waals surface area contributed by atoms with Gasteiger partial charge in [-0.1, -0.05) is 36.1 Å². The summed E-state index contributed by atoms with van der Waals surface area (Å²) in [6, 6.07) is 13.2. The van der Waals surface area contributed by atoms with Crippen LogP contribution in [-0.2, 0) is 6.54 Å². The lowest BCUT2D eigenvalue weighted by Gasteiger charge is -2.07. The molecule has 0 heterocycles. The number of halogens is 1. The summed E-state index contributed by atoms with van der Waals surface area (Å²) < 4.78 is 13.1. The maximum atomic E-state index is 13.1. The van der Waals surface area contributed by atoms with Gasteiger partial charge in [0.1, 0.15) is 5.82 Å². The average Bonchev–Trinajstić information content (AvgIpc) is 2.51. The Morgan fingerprint density at radius 2 is 2.00 bits per heavy atom. The Balaban J connectivity index is 2.10. The van der Waals surface area contributed by atoms with Crippen molar-refractivity contribution in [2.75, 3.05) is 6.54 Å². The van der Waals surface area contributed by atoms with Gasteiger partial charge in [0.05, 0.1) is 12.1 Å². The monoisotopic (exact) mass is 282 g/mol. The predicted octanol–water partition coefficient (Wildman–Crippen LogP) is 2.07. The summed E-state index contributed by atoms with van der Waals surface area (Å²) in [6.45, 7) is 0.495. The molecule has 0 bridgehead atoms. The fourth-order valence-corrected chi connectivity index (χ4v) is 1.86. The Bertz CT molecular complexity index is 701. The standard InChI is InChI=1S/C17H15FN2O/c18-15-8-3-5-13(11-15)12-20-17(21)16-9-2-1-6-14(16)7-4-10-19/h1-3,5-6,8-9,11H,10,12,19H2,(H,20,21). The van der Waals surface area contributed by atoms with E-state index in [1.807, 2.05) is 6.07 Å². The summed E-state index contributed by atoms with van der Waals surface area (Å²) in [4.78, 5) is 12.2. The predicted molar refractivity (Wildman–Crippen MR) is 79.9 cm³/mol. The van der Waals surface area contributed by atoms with E-state index in [-0.39, 0.29) is 24.8 Å². The fourth-order valence-electron chi connectivity index (χ4n) is 1.86. The van der Waals surface area contributed by atoms with Crippen molar-refractivity contribution in [3.63, 3.8) is 0 Å². The van der Waals surface area contributed by atoms with Gasteiger partial charge in [0, 0.05) is 12.1 Å². The topological polar surface area (TPSA) is 55.1 Å². The van der Waals surface area contributed by atoms with Gasteiger partial charge in [-0.25, -0.2) is 4.39 Å². The molecule has 0 fully saturated rings. The van der Waals surface area contributed by atoms with E-state index in [9.17, 15) is 9.18 Å². The van der Waals surface area contributed by atoms with E-state index < -0.39 is 0 Å². The molecule has 0 radical (unpaired) electrons. The molecule has 0 aliphatic heterocycles. The van der Waals surface area contributed by atoms with Crippen LogP contribution in [0.4, 0.5) is 4.39 Å². The molecule has 0 aliphatic rings. The van der Waals surface area contributed by atoms with Crippen molar-refractivity contribution in [2.45, 2.75) is 6.54 Å². The highest BCUT2D eigenvalue weighted by molar-refractivity contribution is 5.96. The molecular weight excluding hydrogens is 267 g/mol. The minimum atomic E-state index is -0.323. The van der Waals surface area contributed by atoms with Crippen LogP contribution >= 0.6 is 0 Å². The summed E-state index contributed by atoms with van der Waals surface area (Å²) in [5, 5.41) is 2.75. The van der Waals surface area contributed by atoms with Crippen molar-refractivity contribution in [1.82, 2.24) is 5.32 Å². The summed E-state index contributed by atoms with van der Waals surface area (Å²) in [5.74, 6) is 5.02. The van der Waals surface area contributed by atoms with Gasteiger partial charge in [0.2, 0.25) is 0 Å². The van der Waals surface area contributed by atoms with Gasteiger partial charge < -0.3 is 11.1 Å². The molecule has 2 aromatic rings. The highest BCUT2D eigenvalue weighted by Gasteiger charge is 2.09. The maximum absolute atomic E-state index is 13.1. The van der Waals surface area contributed by atoms with Crippen LogP contribution < -0.4 is 11.1 Å². The van der Waals surface area contributed by atoms with Crippen molar-refractivity contribution in [3.8, 4) is 11.8 Å². The van der Waals surface area contributed by atoms with Gasteiger partial charge in [-0.2, -0.15) is 0 Å². The first-order chi connectivity index (χ1) is 10.2. The molecule has 2 rings (SSSR count). The highest BCUT2D eigenvalue weighted by atomic mass is 19.1. The molecule has 3 N–H and O–H groups in total. The number of hydrogen-bond acceptors (Lipinski definition) is 2. The van der Waals surface area contributed by atoms with Crippen molar-refractivity contribution in [1.29, 1.82) is 0 Å². The quantitative estimate of drug-likeness (QED) is 0.847. The van der Waals surface area contributed by atoms with Crippen LogP contribution in [0, 0.1) is 17.7 Å². The number of carbonyl (C=O) groups is 1. The zero-order valence-electron chi connectivity index (χ0n) is 11.4. The van der Waals surface area contributed by atoms with E-state index in [1.54, 1.807) is 30.3 Å². The lowest BCUT2D eigenvalue weighted by atomic mass is 10.1. The number of nitrogens with two attached hydrogens (primary N) is 1. The molecule has 0 spiro atoms. The number of nitrogens with one attached hydrogen (secondary N) is 1. The van der Waals surface area contributed by atoms with Crippen LogP contribution in [0.5, 0.6) is 0 Å². The molecule has 0 atom stereocenters. The molecule has 0 saturated heterocycles. The summed E-state index contributed by atoms with van der Waals surface area (Å²) in [5.41, 5.74) is 7.15. The zero-order chi connectivity index (χ0) is 15.1. The van der Waals surface area contributed by atoms with Gasteiger partial charge in [-0.15, -0.1) is 0 Å². The largest absolute Gasteiger partial charge is 0.348 e. The molecule has 2 aromatic carbocycles. The van der Waals surface area contributed by atoms with Gasteiger partial charge in [-0.05, 0) is 29.8 Å². The number of benzene rings is 2. The van der Waals surface area contributed by atoms with E-state index in [1.165, 1.54) is 12.1 Å². The van der Waals surface area contributed by atoms with Crippen LogP contribution in [0.25, 0.3) is 0 Å². The van der Waals surface area contributed by atoms with E-state index >= 15 is 0 Å². The molecule has 3 nitrogen and oxygen atoms in total. The second-order valence-corrected chi connectivity index (χ2v) is 4.36. The van der Waals surface area contributed by atoms with Crippen LogP contribution in [0.2, 0.25) is 0 Å². The van der Waals surface area contributed by atoms with E-state index in [2.05, 4.69) is 17.2 Å². The second-order valence-electron chi connectivity index (χ2n) is 4.36. The third kappa shape index (κ3) is 4.16. The molecule has 0 aromatic heterocycles. The molecule has 1 amide bonds. The van der Waals surface area contributed by atoms with Crippen molar-refractivity contribution in [2.24, 2.45) is 5.73 Å². The Morgan fingerprint density at radius 3 is 2.76 bits per heavy atom. The van der Waals surface area contributed by atoms with Gasteiger partial charge in [-0.3, -0.25) is 4.79 Å². The van der Waals surface area contributed by atoms with Crippen LogP contribution in [0.15, 0.2) is 48.5 Å². The summed E-state index contributed by atoms with van der Waals surface area (Å²) in [6.07, 6.45) is 0. The molecule has 0 saturated carbocycles. The van der Waals surface area contributed by atoms with Gasteiger partial charge in [0.25, 0.3) is 5.91 Å². The average molecular weight is 282 g/mol. The second kappa shape index (κ2) is 7.22. The zero-order valence-corrected chi connectivity index (χ0v) is 11.4. The SMILES string of the molecule is NCC#Cc1ccccc1C(=O)NCc1cccc(F)c1. The smallest absolute Gasteiger partial charge is 0.252 e. The van der Waals surface area contributed by atoms with Gasteiger partial charge >= 0.3 is 0 Å². The first kappa shape index (κ1) is 14.8. The summed E-state index contributed by atoms with van der Waals surface area (Å²) >= 11 is 0. The molecule has 21 heavy (non-hydrogen) atoms. The number of rotatable bonds is 3. The van der Waals surface area contributed by atoms with Crippen LogP contribution in [0.1, 0.15) is 21.5 Å². The van der Waals surface area contributed by atoms with E-state index in [4.69, 9.17) is 5.73 Å². The molecule has 0 unspecified atom stereocenters. The lowest BCUT2D eigenvalue weighted by molar-refractivity contribution is 0.0950. The first-order valence-electron chi connectivity index (χ1n) is 6.51. The highest BCUT2D eigenvalue weighted by Crippen LogP contribution is 2.08. The van der Waals surface area contributed by atoms with Crippen molar-refractivity contribution >= 4 is 5.91 Å². The molecular formula is C17H15FN2O. The molecule has 0 aliphatic carbocycles. The first-order valence-corrected chi connectivity index (χ1v) is 6.51. The number of carbonyl (C=O) groups excluding carboxylic acids is 1. The Morgan fingerprint density at radius 1 is 1.19 bits per heavy atom. The number of hydrogen-bond donors (Lipinski definition) is 2. The van der Waals surface area contributed by atoms with E-state index in [0.717, 1.165) is 0 Å². The third-order valence-corrected chi connectivity index (χ3v) is 2.84. The Labute approximate surface area is 123 Å². The fraction of sp³-hybridized carbons (Fsp3) is 0.118. The number of amides is 1. The van der Waals surface area contributed by atoms with Gasteiger partial charge in [0.15, 0.2) is 0 Å². The maximum Gasteiger partial charge on any atom is 0.252 e. The molecule has 4 heteroatoms. The Kier molecular flexibility index (Phi) is 5.08. The lowest BCUT2D eigenvalue weighted by Crippen LogP contribution is -2.23. The third-order valence-electron chi connectivity index (χ3n) is 2.84. The minimum absolute atomic E-state index is 0.235.